The number of halogens is 5. The molecule has 0 aliphatic carbocycles. The van der Waals surface area contributed by atoms with Gasteiger partial charge in [-0.15, -0.1) is 0 Å². The maximum atomic E-state index is 11.3. The lowest BCUT2D eigenvalue weighted by atomic mass is 10.3. The summed E-state index contributed by atoms with van der Waals surface area (Å²) in [6, 6.07) is 0. The van der Waals surface area contributed by atoms with Gasteiger partial charge in [0, 0.05) is 6.61 Å². The van der Waals surface area contributed by atoms with Crippen LogP contribution in [-0.4, -0.2) is 26.0 Å². The number of ether oxygens (including phenoxy) is 1. The molecule has 0 N–H and O–H groups in total. The summed E-state index contributed by atoms with van der Waals surface area (Å²) in [6.07, 6.45) is 0. The summed E-state index contributed by atoms with van der Waals surface area (Å²) < 4.78 is 3.17. The molecule has 0 saturated heterocycles. The van der Waals surface area contributed by atoms with Gasteiger partial charge in [-0.25, -0.2) is 0 Å². The van der Waals surface area contributed by atoms with Gasteiger partial charge in [0.25, 0.3) is 0 Å². The van der Waals surface area contributed by atoms with Gasteiger partial charge in [0.2, 0.25) is 9.58 Å². The van der Waals surface area contributed by atoms with Crippen molar-refractivity contribution < 1.29 is 9.53 Å². The van der Waals surface area contributed by atoms with Crippen molar-refractivity contribution in [1.82, 2.24) is 0 Å². The third-order valence-corrected chi connectivity index (χ3v) is 4.04. The highest BCUT2D eigenvalue weighted by atomic mass is 79.9. The standard InChI is InChI=1S/C6H7Br2Cl3O2/c1-2-13-5(8)3(7)4(12)6(9,10)11/h3,5H,2H2,1H3. The van der Waals surface area contributed by atoms with E-state index in [0.717, 1.165) is 0 Å². The highest BCUT2D eigenvalue weighted by Gasteiger charge is 2.38. The highest BCUT2D eigenvalue weighted by Crippen LogP contribution is 2.32. The molecule has 13 heavy (non-hydrogen) atoms. The van der Waals surface area contributed by atoms with Gasteiger partial charge in [-0.05, 0) is 6.92 Å². The zero-order valence-electron chi connectivity index (χ0n) is 6.57. The summed E-state index contributed by atoms with van der Waals surface area (Å²) >= 11 is 22.4. The molecule has 0 spiro atoms. The second-order valence-electron chi connectivity index (χ2n) is 2.07. The predicted molar refractivity (Wildman–Crippen MR) is 62.4 cm³/mol. The van der Waals surface area contributed by atoms with Gasteiger partial charge in [-0.1, -0.05) is 66.7 Å². The lowest BCUT2D eigenvalue weighted by Gasteiger charge is -2.19. The van der Waals surface area contributed by atoms with Crippen molar-refractivity contribution in [3.63, 3.8) is 0 Å². The molecule has 0 aliphatic rings. The molecule has 0 aromatic heterocycles. The van der Waals surface area contributed by atoms with Crippen LogP contribution in [0.4, 0.5) is 0 Å². The molecule has 0 aliphatic heterocycles. The average Bonchev–Trinajstić information content (AvgIpc) is 2.00. The molecule has 78 valence electrons. The van der Waals surface area contributed by atoms with Crippen molar-refractivity contribution in [1.29, 1.82) is 0 Å². The molecule has 0 fully saturated rings. The molecule has 0 saturated carbocycles. The molecule has 2 atom stereocenters. The third-order valence-electron chi connectivity index (χ3n) is 1.09. The minimum atomic E-state index is -1.92. The van der Waals surface area contributed by atoms with Crippen molar-refractivity contribution in [3.05, 3.63) is 0 Å². The Morgan fingerprint density at radius 2 is 1.92 bits per heavy atom. The van der Waals surface area contributed by atoms with E-state index in [2.05, 4.69) is 31.9 Å². The summed E-state index contributed by atoms with van der Waals surface area (Å²) in [5.41, 5.74) is 0. The van der Waals surface area contributed by atoms with E-state index in [-0.39, 0.29) is 0 Å². The van der Waals surface area contributed by atoms with E-state index in [1.165, 1.54) is 0 Å². The van der Waals surface area contributed by atoms with Crippen LogP contribution in [0.25, 0.3) is 0 Å². The molecular weight excluding hydrogens is 370 g/mol. The Morgan fingerprint density at radius 3 is 2.23 bits per heavy atom. The molecule has 0 aromatic carbocycles. The van der Waals surface area contributed by atoms with Crippen LogP contribution < -0.4 is 0 Å². The zero-order chi connectivity index (χ0) is 10.6. The molecular formula is C6H7Br2Cl3O2. The molecule has 2 unspecified atom stereocenters. The Kier molecular flexibility index (Phi) is 6.82. The maximum absolute atomic E-state index is 11.3. The van der Waals surface area contributed by atoms with E-state index in [9.17, 15) is 4.79 Å². The topological polar surface area (TPSA) is 26.3 Å². The third kappa shape index (κ3) is 5.19. The van der Waals surface area contributed by atoms with Gasteiger partial charge in [0.1, 0.15) is 9.84 Å². The zero-order valence-corrected chi connectivity index (χ0v) is 12.0. The number of Topliss-reactive ketones (excluding diaryl/α,β-unsaturated/α-hetero) is 1. The SMILES string of the molecule is CCOC(Br)C(Br)C(=O)C(Cl)(Cl)Cl. The molecule has 2 nitrogen and oxygen atoms in total. The van der Waals surface area contributed by atoms with Gasteiger partial charge in [0.05, 0.1) is 0 Å². The van der Waals surface area contributed by atoms with E-state index >= 15 is 0 Å². The summed E-state index contributed by atoms with van der Waals surface area (Å²) in [6.45, 7) is 2.26. The fourth-order valence-corrected chi connectivity index (χ4v) is 2.27. The van der Waals surface area contributed by atoms with Crippen LogP contribution in [0.2, 0.25) is 0 Å². The fourth-order valence-electron chi connectivity index (χ4n) is 0.519. The Balaban J connectivity index is 4.26. The van der Waals surface area contributed by atoms with Crippen LogP contribution in [0.5, 0.6) is 0 Å². The number of hydrogen-bond acceptors (Lipinski definition) is 2. The summed E-state index contributed by atoms with van der Waals surface area (Å²) in [5.74, 6) is -0.562. The number of ketones is 1. The normalized spacial score (nSPS) is 16.8. The van der Waals surface area contributed by atoms with Crippen LogP contribution in [0.15, 0.2) is 0 Å². The van der Waals surface area contributed by atoms with Crippen molar-refractivity contribution in [2.45, 2.75) is 20.6 Å². The van der Waals surface area contributed by atoms with E-state index < -0.39 is 19.4 Å². The number of hydrogen-bond donors (Lipinski definition) is 0. The number of carbonyl (C=O) groups excluding carboxylic acids is 1. The lowest BCUT2D eigenvalue weighted by molar-refractivity contribution is -0.118. The van der Waals surface area contributed by atoms with Crippen molar-refractivity contribution >= 4 is 72.4 Å². The van der Waals surface area contributed by atoms with Crippen LogP contribution in [-0.2, 0) is 9.53 Å². The van der Waals surface area contributed by atoms with Crippen LogP contribution in [0.1, 0.15) is 6.92 Å². The van der Waals surface area contributed by atoms with Gasteiger partial charge in [0.15, 0.2) is 0 Å². The monoisotopic (exact) mass is 374 g/mol. The van der Waals surface area contributed by atoms with Gasteiger partial charge >= 0.3 is 0 Å². The average molecular weight is 377 g/mol. The van der Waals surface area contributed by atoms with E-state index in [0.29, 0.717) is 6.61 Å². The quantitative estimate of drug-likeness (QED) is 0.702. The number of alkyl halides is 5. The largest absolute Gasteiger partial charge is 0.366 e. The van der Waals surface area contributed by atoms with Gasteiger partial charge in [-0.2, -0.15) is 0 Å². The number of carbonyl (C=O) groups is 1. The molecule has 0 bridgehead atoms. The first-order valence-electron chi connectivity index (χ1n) is 3.31. The maximum Gasteiger partial charge on any atom is 0.250 e. The van der Waals surface area contributed by atoms with E-state index in [1.54, 1.807) is 6.92 Å². The Hall–Kier alpha value is 1.46. The summed E-state index contributed by atoms with van der Waals surface area (Å²) in [4.78, 5) is 10.6. The first-order valence-corrected chi connectivity index (χ1v) is 6.28. The highest BCUT2D eigenvalue weighted by molar-refractivity contribution is 9.12. The molecule has 0 rings (SSSR count). The summed E-state index contributed by atoms with van der Waals surface area (Å²) in [5, 5.41) is -0.499. The van der Waals surface area contributed by atoms with E-state index in [4.69, 9.17) is 39.5 Å². The van der Waals surface area contributed by atoms with Crippen molar-refractivity contribution in [2.75, 3.05) is 6.61 Å². The minimum Gasteiger partial charge on any atom is -0.366 e. The molecule has 7 heteroatoms. The van der Waals surface area contributed by atoms with Crippen LogP contribution in [0.3, 0.4) is 0 Å². The smallest absolute Gasteiger partial charge is 0.250 e. The van der Waals surface area contributed by atoms with Gasteiger partial charge in [-0.3, -0.25) is 4.79 Å². The number of rotatable bonds is 4. The van der Waals surface area contributed by atoms with Crippen molar-refractivity contribution in [2.24, 2.45) is 0 Å². The Morgan fingerprint density at radius 1 is 1.46 bits per heavy atom. The first-order chi connectivity index (χ1) is 5.80. The Bertz CT molecular complexity index is 183. The second kappa shape index (κ2) is 6.13. The lowest BCUT2D eigenvalue weighted by Crippen LogP contribution is -2.35. The van der Waals surface area contributed by atoms with E-state index in [1.807, 2.05) is 0 Å². The fraction of sp³-hybridized carbons (Fsp3) is 0.833. The molecule has 0 radical (unpaired) electrons. The first kappa shape index (κ1) is 14.5. The van der Waals surface area contributed by atoms with Crippen LogP contribution >= 0.6 is 66.7 Å². The minimum absolute atomic E-state index is 0.463. The molecule has 0 heterocycles. The molecule has 0 amide bonds. The summed E-state index contributed by atoms with van der Waals surface area (Å²) in [7, 11) is 0. The Labute approximate surface area is 108 Å². The molecule has 0 aromatic rings. The predicted octanol–water partition coefficient (Wildman–Crippen LogP) is 3.45. The second-order valence-corrected chi connectivity index (χ2v) is 6.24. The van der Waals surface area contributed by atoms with Crippen molar-refractivity contribution in [3.8, 4) is 0 Å². The van der Waals surface area contributed by atoms with Crippen LogP contribution in [0, 0.1) is 0 Å². The van der Waals surface area contributed by atoms with Gasteiger partial charge < -0.3 is 4.74 Å².